The van der Waals surface area contributed by atoms with Gasteiger partial charge in [0.2, 0.25) is 0 Å². The monoisotopic (exact) mass is 522 g/mol. The number of fused-ring (bicyclic) bond motifs is 1. The summed E-state index contributed by atoms with van der Waals surface area (Å²) in [5.41, 5.74) is 1.23. The van der Waals surface area contributed by atoms with E-state index < -0.39 is 11.7 Å². The van der Waals surface area contributed by atoms with Gasteiger partial charge in [-0.25, -0.2) is 15.0 Å². The Morgan fingerprint density at radius 2 is 2.00 bits per heavy atom. The number of halogens is 3. The highest BCUT2D eigenvalue weighted by atomic mass is 19.4. The third kappa shape index (κ3) is 4.19. The number of amides is 1. The van der Waals surface area contributed by atoms with Crippen molar-refractivity contribution in [2.45, 2.75) is 19.1 Å². The Kier molecular flexibility index (Phi) is 5.69. The minimum absolute atomic E-state index is 0.177. The molecular weight excluding hydrogens is 501 g/mol. The predicted octanol–water partition coefficient (Wildman–Crippen LogP) is 3.45. The van der Waals surface area contributed by atoms with E-state index in [0.717, 1.165) is 17.8 Å². The van der Waals surface area contributed by atoms with E-state index in [9.17, 15) is 18.0 Å². The minimum Gasteiger partial charge on any atom is -0.361 e. The molecule has 1 fully saturated rings. The van der Waals surface area contributed by atoms with E-state index in [1.807, 2.05) is 11.0 Å². The first kappa shape index (κ1) is 23.8. The van der Waals surface area contributed by atoms with Gasteiger partial charge in [0.25, 0.3) is 5.91 Å². The largest absolute Gasteiger partial charge is 0.417 e. The summed E-state index contributed by atoms with van der Waals surface area (Å²) < 4.78 is 46.4. The van der Waals surface area contributed by atoms with Crippen LogP contribution in [0.25, 0.3) is 17.2 Å². The molecule has 4 aromatic heterocycles. The lowest BCUT2D eigenvalue weighted by Crippen LogP contribution is -2.56. The first-order chi connectivity index (χ1) is 18.3. The van der Waals surface area contributed by atoms with Crippen molar-refractivity contribution in [1.82, 2.24) is 29.4 Å². The molecule has 6 rings (SSSR count). The maximum atomic E-state index is 13.3. The van der Waals surface area contributed by atoms with E-state index in [4.69, 9.17) is 4.52 Å². The second-order valence-corrected chi connectivity index (χ2v) is 8.98. The molecular formula is C25H21F3N8O2. The number of hydrogen-bond donors (Lipinski definition) is 0. The van der Waals surface area contributed by atoms with Crippen molar-refractivity contribution in [2.75, 3.05) is 31.1 Å². The summed E-state index contributed by atoms with van der Waals surface area (Å²) in [6.45, 7) is 3.58. The number of alkyl halides is 3. The Bertz CT molecular complexity index is 1590. The Hall–Kier alpha value is -4.55. The van der Waals surface area contributed by atoms with Crippen molar-refractivity contribution in [1.29, 1.82) is 0 Å². The number of anilines is 1. The molecule has 0 unspecified atom stereocenters. The number of piperazine rings is 1. The number of aromatic nitrogens is 5. The molecule has 6 heterocycles. The van der Waals surface area contributed by atoms with Crippen LogP contribution in [0.5, 0.6) is 0 Å². The molecule has 1 amide bonds. The van der Waals surface area contributed by atoms with Crippen molar-refractivity contribution >= 4 is 23.6 Å². The first-order valence-corrected chi connectivity index (χ1v) is 11.8. The smallest absolute Gasteiger partial charge is 0.361 e. The summed E-state index contributed by atoms with van der Waals surface area (Å²) in [5.74, 6) is 1.11. The van der Waals surface area contributed by atoms with Crippen LogP contribution in [0.15, 0.2) is 64.2 Å². The Balaban J connectivity index is 1.31. The number of pyridine rings is 1. The Morgan fingerprint density at radius 3 is 2.74 bits per heavy atom. The second kappa shape index (κ2) is 9.08. The molecule has 0 N–H and O–H groups in total. The summed E-state index contributed by atoms with van der Waals surface area (Å²) in [4.78, 5) is 34.6. The number of carbonyl (C=O) groups excluding carboxylic acids is 1. The number of carbonyl (C=O) groups is 1. The summed E-state index contributed by atoms with van der Waals surface area (Å²) in [6, 6.07) is 3.75. The van der Waals surface area contributed by atoms with Gasteiger partial charge >= 0.3 is 6.18 Å². The predicted molar refractivity (Wildman–Crippen MR) is 131 cm³/mol. The normalized spacial score (nSPS) is 17.9. The maximum Gasteiger partial charge on any atom is 0.417 e. The standard InChI is InChI=1S/C25H21F3N8O2/c1-15-18(11-32-38-15)24(37)35-9-8-34(14-20(35)16-4-6-29-10-16)22-5-7-30-23(33-22)19-12-31-21-3-2-17(13-36(19)21)25(26,27)28/h2-5,7,10-13,20H,6,8-9,14H2,1H3/t20-/m1/s1. The summed E-state index contributed by atoms with van der Waals surface area (Å²) in [5, 5.41) is 3.74. The zero-order valence-electron chi connectivity index (χ0n) is 20.1. The van der Waals surface area contributed by atoms with Crippen molar-refractivity contribution in [3.05, 3.63) is 71.5 Å². The molecule has 1 saturated heterocycles. The van der Waals surface area contributed by atoms with E-state index in [-0.39, 0.29) is 17.8 Å². The van der Waals surface area contributed by atoms with Gasteiger partial charge in [-0.05, 0) is 30.7 Å². The van der Waals surface area contributed by atoms with Gasteiger partial charge in [0.1, 0.15) is 28.5 Å². The van der Waals surface area contributed by atoms with Crippen molar-refractivity contribution < 1.29 is 22.5 Å². The number of nitrogens with zero attached hydrogens (tertiary/aromatic N) is 8. The van der Waals surface area contributed by atoms with Gasteiger partial charge in [-0.15, -0.1) is 0 Å². The lowest BCUT2D eigenvalue weighted by atomic mass is 10.0. The quantitative estimate of drug-likeness (QED) is 0.404. The van der Waals surface area contributed by atoms with Crippen molar-refractivity contribution in [2.24, 2.45) is 4.99 Å². The molecule has 0 aromatic carbocycles. The zero-order valence-corrected chi connectivity index (χ0v) is 20.1. The molecule has 1 atom stereocenters. The van der Waals surface area contributed by atoms with Crippen molar-refractivity contribution in [3.63, 3.8) is 0 Å². The average Bonchev–Trinajstić information content (AvgIpc) is 3.68. The van der Waals surface area contributed by atoms with Gasteiger partial charge in [0, 0.05) is 38.2 Å². The fraction of sp³-hybridized carbons (Fsp3) is 0.280. The molecule has 0 radical (unpaired) electrons. The number of hydrogen-bond acceptors (Lipinski definition) is 8. The molecule has 194 valence electrons. The van der Waals surface area contributed by atoms with E-state index >= 15 is 0 Å². The molecule has 0 spiro atoms. The summed E-state index contributed by atoms with van der Waals surface area (Å²) >= 11 is 0. The van der Waals surface area contributed by atoms with E-state index in [1.165, 1.54) is 22.9 Å². The zero-order chi connectivity index (χ0) is 26.4. The van der Waals surface area contributed by atoms with E-state index in [0.29, 0.717) is 54.7 Å². The fourth-order valence-electron chi connectivity index (χ4n) is 4.73. The third-order valence-electron chi connectivity index (χ3n) is 6.71. The number of aryl methyl sites for hydroxylation is 1. The lowest BCUT2D eigenvalue weighted by Gasteiger charge is -2.42. The molecule has 10 nitrogen and oxygen atoms in total. The highest BCUT2D eigenvalue weighted by molar-refractivity contribution is 5.96. The minimum atomic E-state index is -4.49. The number of imidazole rings is 1. The topological polar surface area (TPSA) is 105 Å². The Morgan fingerprint density at radius 1 is 1.13 bits per heavy atom. The molecule has 2 aliphatic heterocycles. The molecule has 0 aliphatic carbocycles. The third-order valence-corrected chi connectivity index (χ3v) is 6.71. The van der Waals surface area contributed by atoms with Crippen LogP contribution in [-0.2, 0) is 6.18 Å². The SMILES string of the molecule is Cc1oncc1C(=O)N1CCN(c2ccnc(-c3cnc4ccc(C(F)(F)F)cn34)n2)C[C@@H]1C1=CCN=C1. The van der Waals surface area contributed by atoms with E-state index in [2.05, 4.69) is 25.1 Å². The van der Waals surface area contributed by atoms with Crippen LogP contribution < -0.4 is 4.90 Å². The van der Waals surface area contributed by atoms with Gasteiger partial charge in [-0.3, -0.25) is 14.2 Å². The molecule has 0 saturated carbocycles. The highest BCUT2D eigenvalue weighted by Gasteiger charge is 2.35. The van der Waals surface area contributed by atoms with Gasteiger partial charge in [0.15, 0.2) is 5.82 Å². The van der Waals surface area contributed by atoms with Crippen LogP contribution in [0.2, 0.25) is 0 Å². The highest BCUT2D eigenvalue weighted by Crippen LogP contribution is 2.31. The van der Waals surface area contributed by atoms with E-state index in [1.54, 1.807) is 30.3 Å². The van der Waals surface area contributed by atoms with Crippen LogP contribution in [-0.4, -0.2) is 73.8 Å². The second-order valence-electron chi connectivity index (χ2n) is 8.98. The van der Waals surface area contributed by atoms with Crippen LogP contribution in [0.4, 0.5) is 19.0 Å². The Labute approximate surface area is 214 Å². The number of aliphatic imine (C=N–C) groups is 1. The summed E-state index contributed by atoms with van der Waals surface area (Å²) in [7, 11) is 0. The van der Waals surface area contributed by atoms with Crippen LogP contribution >= 0.6 is 0 Å². The van der Waals surface area contributed by atoms with Crippen molar-refractivity contribution in [3.8, 4) is 11.5 Å². The van der Waals surface area contributed by atoms with Crippen LogP contribution in [0.3, 0.4) is 0 Å². The first-order valence-electron chi connectivity index (χ1n) is 11.8. The summed E-state index contributed by atoms with van der Waals surface area (Å²) in [6.07, 6.45) is 4.70. The molecule has 38 heavy (non-hydrogen) atoms. The fourth-order valence-corrected chi connectivity index (χ4v) is 4.73. The average molecular weight is 522 g/mol. The van der Waals surface area contributed by atoms with Gasteiger partial charge < -0.3 is 14.3 Å². The lowest BCUT2D eigenvalue weighted by molar-refractivity contribution is -0.137. The van der Waals surface area contributed by atoms with Gasteiger partial charge in [-0.2, -0.15) is 13.2 Å². The molecule has 4 aromatic rings. The maximum absolute atomic E-state index is 13.3. The van der Waals surface area contributed by atoms with Gasteiger partial charge in [0.05, 0.1) is 30.5 Å². The molecule has 0 bridgehead atoms. The van der Waals surface area contributed by atoms with Crippen LogP contribution in [0, 0.1) is 6.92 Å². The number of rotatable bonds is 4. The van der Waals surface area contributed by atoms with Crippen LogP contribution in [0.1, 0.15) is 21.7 Å². The van der Waals surface area contributed by atoms with Gasteiger partial charge in [-0.1, -0.05) is 11.2 Å². The molecule has 13 heteroatoms. The molecule has 2 aliphatic rings.